The summed E-state index contributed by atoms with van der Waals surface area (Å²) < 4.78 is 30.3. The highest BCUT2D eigenvalue weighted by atomic mass is 32.2. The van der Waals surface area contributed by atoms with E-state index in [1.165, 1.54) is 10.7 Å². The molecule has 1 N–H and O–H groups in total. The Bertz CT molecular complexity index is 625. The van der Waals surface area contributed by atoms with Crippen LogP contribution >= 0.6 is 0 Å². The van der Waals surface area contributed by atoms with Crippen molar-refractivity contribution in [3.8, 4) is 0 Å². The molecule has 8 nitrogen and oxygen atoms in total. The van der Waals surface area contributed by atoms with Crippen molar-refractivity contribution < 1.29 is 8.42 Å². The quantitative estimate of drug-likeness (QED) is 0.803. The average Bonchev–Trinajstić information content (AvgIpc) is 3.10. The SMILES string of the molecule is CN(C)S(=O)(=O)N[C@@H]1CCC[C@@H](CN2CCC(n3cnnc3)CC2)C1. The molecule has 1 saturated carbocycles. The summed E-state index contributed by atoms with van der Waals surface area (Å²) >= 11 is 0. The Kier molecular flexibility index (Phi) is 6.08. The van der Waals surface area contributed by atoms with E-state index in [0.29, 0.717) is 12.0 Å². The first-order valence-corrected chi connectivity index (χ1v) is 10.6. The van der Waals surface area contributed by atoms with Gasteiger partial charge in [0.2, 0.25) is 0 Å². The lowest BCUT2D eigenvalue weighted by molar-refractivity contribution is 0.142. The number of piperidine rings is 1. The normalized spacial score (nSPS) is 27.0. The van der Waals surface area contributed by atoms with E-state index in [2.05, 4.69) is 24.4 Å². The molecule has 0 spiro atoms. The first kappa shape index (κ1) is 18.8. The van der Waals surface area contributed by atoms with E-state index in [1.807, 2.05) is 12.7 Å². The van der Waals surface area contributed by atoms with Gasteiger partial charge in [-0.3, -0.25) is 0 Å². The maximum Gasteiger partial charge on any atom is 0.279 e. The van der Waals surface area contributed by atoms with Crippen LogP contribution < -0.4 is 4.72 Å². The van der Waals surface area contributed by atoms with Crippen LogP contribution in [0, 0.1) is 5.92 Å². The van der Waals surface area contributed by atoms with Crippen LogP contribution in [0.2, 0.25) is 0 Å². The van der Waals surface area contributed by atoms with Crippen molar-refractivity contribution in [3.05, 3.63) is 12.7 Å². The fourth-order valence-electron chi connectivity index (χ4n) is 4.04. The fourth-order valence-corrected chi connectivity index (χ4v) is 4.89. The Morgan fingerprint density at radius 1 is 1.12 bits per heavy atom. The summed E-state index contributed by atoms with van der Waals surface area (Å²) in [5.41, 5.74) is 0. The van der Waals surface area contributed by atoms with E-state index in [9.17, 15) is 8.42 Å². The highest BCUT2D eigenvalue weighted by Crippen LogP contribution is 2.28. The van der Waals surface area contributed by atoms with E-state index in [4.69, 9.17) is 0 Å². The van der Waals surface area contributed by atoms with Crippen molar-refractivity contribution in [1.82, 2.24) is 28.7 Å². The van der Waals surface area contributed by atoms with E-state index < -0.39 is 10.2 Å². The predicted octanol–water partition coefficient (Wildman–Crippen LogP) is 0.870. The molecule has 0 amide bonds. The zero-order chi connectivity index (χ0) is 17.9. The van der Waals surface area contributed by atoms with Gasteiger partial charge in [-0.15, -0.1) is 10.2 Å². The zero-order valence-corrected chi connectivity index (χ0v) is 16.0. The molecule has 2 heterocycles. The van der Waals surface area contributed by atoms with Gasteiger partial charge in [0.05, 0.1) is 0 Å². The third kappa shape index (κ3) is 4.99. The molecule has 3 rings (SSSR count). The molecule has 1 saturated heterocycles. The van der Waals surface area contributed by atoms with Gasteiger partial charge in [0.25, 0.3) is 10.2 Å². The average molecular weight is 371 g/mol. The molecule has 1 aliphatic heterocycles. The molecule has 1 aliphatic carbocycles. The van der Waals surface area contributed by atoms with Crippen molar-refractivity contribution in [1.29, 1.82) is 0 Å². The maximum absolute atomic E-state index is 12.0. The van der Waals surface area contributed by atoms with Gasteiger partial charge in [-0.05, 0) is 38.0 Å². The van der Waals surface area contributed by atoms with Crippen LogP contribution in [0.3, 0.4) is 0 Å². The second-order valence-electron chi connectivity index (χ2n) is 7.58. The van der Waals surface area contributed by atoms with Crippen molar-refractivity contribution >= 4 is 10.2 Å². The molecule has 25 heavy (non-hydrogen) atoms. The molecule has 2 atom stereocenters. The molecular formula is C16H30N6O2S. The third-order valence-electron chi connectivity index (χ3n) is 5.51. The number of hydrogen-bond donors (Lipinski definition) is 1. The van der Waals surface area contributed by atoms with Crippen LogP contribution in [-0.4, -0.2) is 72.2 Å². The summed E-state index contributed by atoms with van der Waals surface area (Å²) in [6, 6.07) is 0.581. The monoisotopic (exact) mass is 370 g/mol. The van der Waals surface area contributed by atoms with Gasteiger partial charge in [0.1, 0.15) is 12.7 Å². The Morgan fingerprint density at radius 2 is 1.80 bits per heavy atom. The van der Waals surface area contributed by atoms with E-state index in [-0.39, 0.29) is 6.04 Å². The Morgan fingerprint density at radius 3 is 2.44 bits per heavy atom. The molecule has 0 radical (unpaired) electrons. The summed E-state index contributed by atoms with van der Waals surface area (Å²) in [5, 5.41) is 7.80. The molecule has 0 bridgehead atoms. The van der Waals surface area contributed by atoms with Gasteiger partial charge in [-0.1, -0.05) is 6.42 Å². The number of nitrogens with zero attached hydrogens (tertiary/aromatic N) is 5. The van der Waals surface area contributed by atoms with E-state index >= 15 is 0 Å². The van der Waals surface area contributed by atoms with Crippen molar-refractivity contribution in [2.75, 3.05) is 33.7 Å². The van der Waals surface area contributed by atoms with Crippen LogP contribution in [0.15, 0.2) is 12.7 Å². The lowest BCUT2D eigenvalue weighted by atomic mass is 9.85. The van der Waals surface area contributed by atoms with Gasteiger partial charge < -0.3 is 9.47 Å². The Hall–Kier alpha value is -1.03. The minimum Gasteiger partial charge on any atom is -0.317 e. The minimum absolute atomic E-state index is 0.0701. The van der Waals surface area contributed by atoms with Gasteiger partial charge in [-0.25, -0.2) is 0 Å². The Labute approximate surface area is 150 Å². The van der Waals surface area contributed by atoms with Crippen molar-refractivity contribution in [3.63, 3.8) is 0 Å². The highest BCUT2D eigenvalue weighted by Gasteiger charge is 2.29. The lowest BCUT2D eigenvalue weighted by Crippen LogP contribution is -2.46. The van der Waals surface area contributed by atoms with Gasteiger partial charge >= 0.3 is 0 Å². The van der Waals surface area contributed by atoms with Crippen LogP contribution in [-0.2, 0) is 10.2 Å². The number of likely N-dealkylation sites (tertiary alicyclic amines) is 1. The van der Waals surface area contributed by atoms with Crippen LogP contribution in [0.5, 0.6) is 0 Å². The molecule has 1 aromatic rings. The van der Waals surface area contributed by atoms with Crippen LogP contribution in [0.25, 0.3) is 0 Å². The smallest absolute Gasteiger partial charge is 0.279 e. The summed E-state index contributed by atoms with van der Waals surface area (Å²) in [7, 11) is -0.188. The highest BCUT2D eigenvalue weighted by molar-refractivity contribution is 7.87. The molecule has 2 fully saturated rings. The number of hydrogen-bond acceptors (Lipinski definition) is 5. The molecule has 142 valence electrons. The van der Waals surface area contributed by atoms with Crippen molar-refractivity contribution in [2.45, 2.75) is 50.6 Å². The molecule has 0 aromatic carbocycles. The molecular weight excluding hydrogens is 340 g/mol. The molecule has 0 unspecified atom stereocenters. The standard InChI is InChI=1S/C16H30N6O2S/c1-20(2)25(23,24)19-15-5-3-4-14(10-15)11-21-8-6-16(7-9-21)22-12-17-18-13-22/h12-16,19H,3-11H2,1-2H3/t14-,15-/m1/s1. The molecule has 2 aliphatic rings. The zero-order valence-electron chi connectivity index (χ0n) is 15.2. The number of rotatable bonds is 6. The second-order valence-corrected chi connectivity index (χ2v) is 9.49. The first-order chi connectivity index (χ1) is 11.9. The lowest BCUT2D eigenvalue weighted by Gasteiger charge is -2.37. The Balaban J connectivity index is 1.45. The summed E-state index contributed by atoms with van der Waals surface area (Å²) in [6.07, 6.45) is 10.1. The fraction of sp³-hybridized carbons (Fsp3) is 0.875. The number of aromatic nitrogens is 3. The topological polar surface area (TPSA) is 83.4 Å². The van der Waals surface area contributed by atoms with Crippen molar-refractivity contribution in [2.24, 2.45) is 5.92 Å². The number of nitrogens with one attached hydrogen (secondary N) is 1. The molecule has 1 aromatic heterocycles. The maximum atomic E-state index is 12.0. The van der Waals surface area contributed by atoms with E-state index in [1.54, 1.807) is 14.1 Å². The molecule has 9 heteroatoms. The third-order valence-corrected chi connectivity index (χ3v) is 7.10. The summed E-state index contributed by atoms with van der Waals surface area (Å²) in [6.45, 7) is 3.26. The summed E-state index contributed by atoms with van der Waals surface area (Å²) in [4.78, 5) is 2.54. The van der Waals surface area contributed by atoms with Gasteiger partial charge in [-0.2, -0.15) is 17.4 Å². The minimum atomic E-state index is -3.33. The first-order valence-electron chi connectivity index (χ1n) is 9.20. The van der Waals surface area contributed by atoms with Gasteiger partial charge in [0.15, 0.2) is 0 Å². The second kappa shape index (κ2) is 8.11. The van der Waals surface area contributed by atoms with Crippen LogP contribution in [0.1, 0.15) is 44.6 Å². The predicted molar refractivity (Wildman–Crippen MR) is 96.2 cm³/mol. The largest absolute Gasteiger partial charge is 0.317 e. The van der Waals surface area contributed by atoms with Crippen LogP contribution in [0.4, 0.5) is 0 Å². The van der Waals surface area contributed by atoms with E-state index in [0.717, 1.165) is 51.7 Å². The summed E-state index contributed by atoms with van der Waals surface area (Å²) in [5.74, 6) is 0.579. The van der Waals surface area contributed by atoms with Gasteiger partial charge in [0, 0.05) is 45.8 Å².